The largest absolute Gasteiger partial charge is 0.356 e. The number of nitrogens with zero attached hydrogens (tertiary/aromatic N) is 1. The first-order chi connectivity index (χ1) is 9.69. The van der Waals surface area contributed by atoms with Crippen LogP contribution in [-0.2, 0) is 11.2 Å². The Bertz CT molecular complexity index is 585. The number of aromatic nitrogens is 1. The molecule has 0 aliphatic heterocycles. The Balaban J connectivity index is 1.97. The molecule has 0 unspecified atom stereocenters. The number of amides is 1. The molecule has 0 aliphatic carbocycles. The fraction of sp³-hybridized carbons (Fsp3) is 0.286. The molecule has 0 atom stereocenters. The topological polar surface area (TPSA) is 68.0 Å². The molecule has 4 nitrogen and oxygen atoms in total. The van der Waals surface area contributed by atoms with Crippen LogP contribution in [0, 0.1) is 5.82 Å². The van der Waals surface area contributed by atoms with E-state index in [0.29, 0.717) is 23.8 Å². The first-order valence-corrected chi connectivity index (χ1v) is 7.24. The smallest absolute Gasteiger partial charge is 0.226 e. The van der Waals surface area contributed by atoms with Crippen LogP contribution in [0.5, 0.6) is 0 Å². The van der Waals surface area contributed by atoms with Crippen molar-refractivity contribution in [2.24, 2.45) is 5.73 Å². The number of thiazole rings is 1. The Morgan fingerprint density at radius 3 is 3.05 bits per heavy atom. The van der Waals surface area contributed by atoms with Crippen molar-refractivity contribution in [1.82, 2.24) is 10.3 Å². The molecule has 1 heterocycles. The zero-order valence-corrected chi connectivity index (χ0v) is 11.8. The number of halogens is 1. The summed E-state index contributed by atoms with van der Waals surface area (Å²) in [6.45, 7) is 1.14. The average Bonchev–Trinajstić information content (AvgIpc) is 2.87. The van der Waals surface area contributed by atoms with Gasteiger partial charge in [-0.1, -0.05) is 12.1 Å². The predicted molar refractivity (Wildman–Crippen MR) is 77.9 cm³/mol. The summed E-state index contributed by atoms with van der Waals surface area (Å²) in [4.78, 5) is 16.0. The van der Waals surface area contributed by atoms with Gasteiger partial charge in [-0.2, -0.15) is 0 Å². The molecule has 2 aromatic rings. The van der Waals surface area contributed by atoms with Gasteiger partial charge in [0.15, 0.2) is 0 Å². The Labute approximate surface area is 120 Å². The Kier molecular flexibility index (Phi) is 5.20. The fourth-order valence-electron chi connectivity index (χ4n) is 1.70. The highest BCUT2D eigenvalue weighted by Gasteiger charge is 2.09. The molecule has 0 bridgehead atoms. The highest BCUT2D eigenvalue weighted by Crippen LogP contribution is 2.24. The van der Waals surface area contributed by atoms with Gasteiger partial charge >= 0.3 is 0 Å². The minimum atomic E-state index is -0.293. The summed E-state index contributed by atoms with van der Waals surface area (Å²) in [6.07, 6.45) is 0.994. The molecular formula is C14H16FN3OS. The van der Waals surface area contributed by atoms with E-state index in [1.165, 1.54) is 23.5 Å². The van der Waals surface area contributed by atoms with Gasteiger partial charge in [-0.05, 0) is 25.1 Å². The summed E-state index contributed by atoms with van der Waals surface area (Å²) in [6, 6.07) is 6.27. The number of nitrogens with two attached hydrogens (primary N) is 1. The van der Waals surface area contributed by atoms with Crippen LogP contribution in [-0.4, -0.2) is 24.0 Å². The van der Waals surface area contributed by atoms with Crippen LogP contribution in [0.3, 0.4) is 0 Å². The lowest BCUT2D eigenvalue weighted by molar-refractivity contribution is -0.120. The zero-order chi connectivity index (χ0) is 14.4. The molecule has 1 aromatic carbocycles. The highest BCUT2D eigenvalue weighted by molar-refractivity contribution is 7.13. The van der Waals surface area contributed by atoms with Crippen LogP contribution in [0.1, 0.15) is 12.1 Å². The van der Waals surface area contributed by atoms with Gasteiger partial charge in [0.05, 0.1) is 12.1 Å². The fourth-order valence-corrected chi connectivity index (χ4v) is 2.52. The van der Waals surface area contributed by atoms with E-state index in [0.717, 1.165) is 12.0 Å². The number of benzene rings is 1. The van der Waals surface area contributed by atoms with Crippen molar-refractivity contribution in [2.45, 2.75) is 12.8 Å². The van der Waals surface area contributed by atoms with Crippen LogP contribution in [0.4, 0.5) is 4.39 Å². The van der Waals surface area contributed by atoms with E-state index in [-0.39, 0.29) is 18.1 Å². The lowest BCUT2D eigenvalue weighted by atomic mass is 10.2. The number of hydrogen-bond acceptors (Lipinski definition) is 4. The maximum atomic E-state index is 13.1. The van der Waals surface area contributed by atoms with Gasteiger partial charge in [0.2, 0.25) is 5.91 Å². The Morgan fingerprint density at radius 1 is 1.45 bits per heavy atom. The summed E-state index contributed by atoms with van der Waals surface area (Å²) in [7, 11) is 0. The monoisotopic (exact) mass is 293 g/mol. The first kappa shape index (κ1) is 14.6. The summed E-state index contributed by atoms with van der Waals surface area (Å²) in [5.74, 6) is -0.367. The lowest BCUT2D eigenvalue weighted by Gasteiger charge is -2.02. The maximum Gasteiger partial charge on any atom is 0.226 e. The molecule has 1 aromatic heterocycles. The third-order valence-electron chi connectivity index (χ3n) is 2.67. The molecule has 0 saturated carbocycles. The van der Waals surface area contributed by atoms with Gasteiger partial charge < -0.3 is 11.1 Å². The van der Waals surface area contributed by atoms with Crippen molar-refractivity contribution in [1.29, 1.82) is 0 Å². The van der Waals surface area contributed by atoms with Crippen molar-refractivity contribution >= 4 is 17.2 Å². The molecule has 0 saturated heterocycles. The Hall–Kier alpha value is -1.79. The molecule has 1 amide bonds. The van der Waals surface area contributed by atoms with Crippen LogP contribution in [0.25, 0.3) is 10.6 Å². The zero-order valence-electron chi connectivity index (χ0n) is 10.9. The second-order valence-electron chi connectivity index (χ2n) is 4.32. The first-order valence-electron chi connectivity index (χ1n) is 6.36. The molecule has 0 fully saturated rings. The number of carbonyl (C=O) groups excluding carboxylic acids is 1. The average molecular weight is 293 g/mol. The normalized spacial score (nSPS) is 10.5. The molecule has 6 heteroatoms. The number of carbonyl (C=O) groups is 1. The lowest BCUT2D eigenvalue weighted by Crippen LogP contribution is -2.27. The van der Waals surface area contributed by atoms with E-state index >= 15 is 0 Å². The van der Waals surface area contributed by atoms with Crippen molar-refractivity contribution in [3.05, 3.63) is 41.2 Å². The summed E-state index contributed by atoms with van der Waals surface area (Å²) >= 11 is 1.40. The van der Waals surface area contributed by atoms with Crippen molar-refractivity contribution < 1.29 is 9.18 Å². The summed E-state index contributed by atoms with van der Waals surface area (Å²) in [5.41, 5.74) is 6.78. The summed E-state index contributed by atoms with van der Waals surface area (Å²) < 4.78 is 13.1. The number of rotatable bonds is 6. The van der Waals surface area contributed by atoms with E-state index in [2.05, 4.69) is 10.3 Å². The van der Waals surface area contributed by atoms with E-state index in [1.807, 2.05) is 5.38 Å². The third kappa shape index (κ3) is 4.11. The quantitative estimate of drug-likeness (QED) is 0.800. The Morgan fingerprint density at radius 2 is 2.30 bits per heavy atom. The molecular weight excluding hydrogens is 277 g/mol. The van der Waals surface area contributed by atoms with Crippen LogP contribution in [0.2, 0.25) is 0 Å². The second-order valence-corrected chi connectivity index (χ2v) is 5.18. The van der Waals surface area contributed by atoms with Crippen LogP contribution < -0.4 is 11.1 Å². The molecule has 0 radical (unpaired) electrons. The van der Waals surface area contributed by atoms with Crippen molar-refractivity contribution in [3.8, 4) is 10.6 Å². The van der Waals surface area contributed by atoms with Crippen molar-refractivity contribution in [2.75, 3.05) is 13.1 Å². The summed E-state index contributed by atoms with van der Waals surface area (Å²) in [5, 5.41) is 5.31. The second kappa shape index (κ2) is 7.12. The number of nitrogens with one attached hydrogen (secondary N) is 1. The standard InChI is InChI=1S/C14H16FN3OS/c15-11-4-1-3-10(7-11)14-18-12(9-20-14)8-13(19)17-6-2-5-16/h1,3-4,7,9H,2,5-6,8,16H2,(H,17,19). The predicted octanol–water partition coefficient (Wildman–Crippen LogP) is 1.96. The van der Waals surface area contributed by atoms with E-state index in [1.54, 1.807) is 12.1 Å². The van der Waals surface area contributed by atoms with Gasteiger partial charge in [0, 0.05) is 17.5 Å². The van der Waals surface area contributed by atoms with E-state index < -0.39 is 0 Å². The van der Waals surface area contributed by atoms with E-state index in [9.17, 15) is 9.18 Å². The van der Waals surface area contributed by atoms with Gasteiger partial charge in [-0.25, -0.2) is 9.37 Å². The van der Waals surface area contributed by atoms with Gasteiger partial charge in [0.25, 0.3) is 0 Å². The molecule has 3 N–H and O–H groups in total. The maximum absolute atomic E-state index is 13.1. The van der Waals surface area contributed by atoms with Crippen LogP contribution in [0.15, 0.2) is 29.6 Å². The molecule has 0 spiro atoms. The van der Waals surface area contributed by atoms with Crippen LogP contribution >= 0.6 is 11.3 Å². The molecule has 2 rings (SSSR count). The number of hydrogen-bond donors (Lipinski definition) is 2. The molecule has 0 aliphatic rings. The molecule has 106 valence electrons. The van der Waals surface area contributed by atoms with Gasteiger partial charge in [0.1, 0.15) is 10.8 Å². The highest BCUT2D eigenvalue weighted by atomic mass is 32.1. The van der Waals surface area contributed by atoms with Crippen molar-refractivity contribution in [3.63, 3.8) is 0 Å². The third-order valence-corrected chi connectivity index (χ3v) is 3.61. The SMILES string of the molecule is NCCCNC(=O)Cc1csc(-c2cccc(F)c2)n1. The van der Waals surface area contributed by atoms with Gasteiger partial charge in [-0.15, -0.1) is 11.3 Å². The van der Waals surface area contributed by atoms with Gasteiger partial charge in [-0.3, -0.25) is 4.79 Å². The minimum absolute atomic E-state index is 0.0745. The molecule has 20 heavy (non-hydrogen) atoms. The minimum Gasteiger partial charge on any atom is -0.356 e. The van der Waals surface area contributed by atoms with E-state index in [4.69, 9.17) is 5.73 Å².